The highest BCUT2D eigenvalue weighted by Crippen LogP contribution is 2.32. The van der Waals surface area contributed by atoms with Crippen LogP contribution in [0.3, 0.4) is 0 Å². The van der Waals surface area contributed by atoms with Gasteiger partial charge in [0.2, 0.25) is 5.78 Å². The van der Waals surface area contributed by atoms with Crippen LogP contribution in [0.15, 0.2) is 101 Å². The number of carbonyl (C=O) groups is 2. The Morgan fingerprint density at radius 2 is 1.49 bits per heavy atom. The number of hydrogen-bond donors (Lipinski definition) is 0. The molecule has 7 heteroatoms. The molecule has 39 heavy (non-hydrogen) atoms. The second-order valence-electron chi connectivity index (χ2n) is 9.01. The van der Waals surface area contributed by atoms with Gasteiger partial charge in [-0.15, -0.1) is 11.8 Å². The Morgan fingerprint density at radius 3 is 2.13 bits per heavy atom. The van der Waals surface area contributed by atoms with Crippen LogP contribution in [0.5, 0.6) is 0 Å². The Balaban J connectivity index is 1.47. The van der Waals surface area contributed by atoms with Crippen LogP contribution in [0.25, 0.3) is 21.8 Å². The molecule has 0 N–H and O–H groups in total. The molecule has 5 rings (SSSR count). The standard InChI is InChI=1S/C32H27ClN2O3S/c1-3-35-29-15-9-22(31(36)21-7-5-4-6-8-21)19-26(29)27-20-23(10-16-30(27)35)32(37)28(34-38-2)17-18-39-25-13-11-24(33)12-14-25/h4-16,19-20H,3,17-18H2,1-2H3/b34-28+. The lowest BCUT2D eigenvalue weighted by atomic mass is 9.99. The molecule has 0 bridgehead atoms. The van der Waals surface area contributed by atoms with E-state index in [4.69, 9.17) is 16.4 Å². The van der Waals surface area contributed by atoms with Crippen LogP contribution < -0.4 is 0 Å². The fourth-order valence-corrected chi connectivity index (χ4v) is 5.74. The van der Waals surface area contributed by atoms with Crippen LogP contribution in [0, 0.1) is 0 Å². The smallest absolute Gasteiger partial charge is 0.210 e. The number of ketones is 2. The number of aryl methyl sites for hydroxylation is 1. The Morgan fingerprint density at radius 1 is 0.846 bits per heavy atom. The first-order chi connectivity index (χ1) is 19.0. The topological polar surface area (TPSA) is 60.7 Å². The minimum absolute atomic E-state index is 0.0326. The largest absolute Gasteiger partial charge is 0.399 e. The van der Waals surface area contributed by atoms with Gasteiger partial charge in [0, 0.05) is 67.1 Å². The summed E-state index contributed by atoms with van der Waals surface area (Å²) < 4.78 is 2.20. The van der Waals surface area contributed by atoms with Crippen LogP contribution in [0.1, 0.15) is 39.6 Å². The number of oxime groups is 1. The Bertz CT molecular complexity index is 1690. The zero-order valence-corrected chi connectivity index (χ0v) is 23.3. The molecule has 0 amide bonds. The van der Waals surface area contributed by atoms with Crippen LogP contribution >= 0.6 is 23.4 Å². The number of nitrogens with zero attached hydrogens (tertiary/aromatic N) is 2. The molecular weight excluding hydrogens is 528 g/mol. The van der Waals surface area contributed by atoms with E-state index in [9.17, 15) is 9.59 Å². The van der Waals surface area contributed by atoms with E-state index in [1.807, 2.05) is 91.0 Å². The molecule has 0 spiro atoms. The summed E-state index contributed by atoms with van der Waals surface area (Å²) in [7, 11) is 1.45. The number of thioether (sulfide) groups is 1. The summed E-state index contributed by atoms with van der Waals surface area (Å²) in [6.07, 6.45) is 0.449. The van der Waals surface area contributed by atoms with Crippen molar-refractivity contribution in [2.24, 2.45) is 5.16 Å². The fraction of sp³-hybridized carbons (Fsp3) is 0.156. The van der Waals surface area contributed by atoms with Gasteiger partial charge in [-0.25, -0.2) is 0 Å². The Labute approximate surface area is 236 Å². The van der Waals surface area contributed by atoms with E-state index in [0.29, 0.717) is 39.6 Å². The van der Waals surface area contributed by atoms with E-state index in [0.717, 1.165) is 33.2 Å². The van der Waals surface area contributed by atoms with Gasteiger partial charge in [-0.2, -0.15) is 0 Å². The van der Waals surface area contributed by atoms with Gasteiger partial charge < -0.3 is 9.40 Å². The van der Waals surface area contributed by atoms with Crippen molar-refractivity contribution in [1.29, 1.82) is 0 Å². The van der Waals surface area contributed by atoms with Crippen molar-refractivity contribution >= 4 is 62.4 Å². The minimum Gasteiger partial charge on any atom is -0.399 e. The summed E-state index contributed by atoms with van der Waals surface area (Å²) in [4.78, 5) is 32.8. The molecule has 5 nitrogen and oxygen atoms in total. The zero-order valence-electron chi connectivity index (χ0n) is 21.7. The van der Waals surface area contributed by atoms with Crippen molar-refractivity contribution in [2.45, 2.75) is 24.8 Å². The van der Waals surface area contributed by atoms with Crippen molar-refractivity contribution in [2.75, 3.05) is 12.9 Å². The van der Waals surface area contributed by atoms with Gasteiger partial charge in [0.15, 0.2) is 5.78 Å². The summed E-state index contributed by atoms with van der Waals surface area (Å²) in [5.41, 5.74) is 4.18. The molecule has 1 aromatic heterocycles. The normalized spacial score (nSPS) is 11.7. The Kier molecular flexibility index (Phi) is 8.15. The van der Waals surface area contributed by atoms with E-state index in [-0.39, 0.29) is 11.6 Å². The molecule has 5 aromatic rings. The van der Waals surface area contributed by atoms with E-state index in [1.165, 1.54) is 7.11 Å². The van der Waals surface area contributed by atoms with Gasteiger partial charge in [-0.1, -0.05) is 47.1 Å². The predicted molar refractivity (Wildman–Crippen MR) is 161 cm³/mol. The molecule has 1 heterocycles. The third kappa shape index (κ3) is 5.63. The molecule has 0 fully saturated rings. The van der Waals surface area contributed by atoms with Gasteiger partial charge in [0.25, 0.3) is 0 Å². The van der Waals surface area contributed by atoms with E-state index in [1.54, 1.807) is 11.8 Å². The monoisotopic (exact) mass is 554 g/mol. The van der Waals surface area contributed by atoms with Crippen molar-refractivity contribution in [1.82, 2.24) is 4.57 Å². The first-order valence-corrected chi connectivity index (χ1v) is 14.1. The third-order valence-electron chi connectivity index (χ3n) is 6.63. The molecule has 0 atom stereocenters. The highest BCUT2D eigenvalue weighted by atomic mass is 35.5. The molecule has 196 valence electrons. The van der Waals surface area contributed by atoms with Crippen LogP contribution in [-0.2, 0) is 11.4 Å². The number of rotatable bonds is 10. The molecule has 0 radical (unpaired) electrons. The van der Waals surface area contributed by atoms with E-state index >= 15 is 0 Å². The molecule has 0 aliphatic carbocycles. The van der Waals surface area contributed by atoms with E-state index < -0.39 is 0 Å². The molecule has 0 saturated heterocycles. The maximum atomic E-state index is 13.5. The molecule has 0 aliphatic rings. The third-order valence-corrected chi connectivity index (χ3v) is 7.89. The molecule has 0 saturated carbocycles. The fourth-order valence-electron chi connectivity index (χ4n) is 4.76. The minimum atomic E-state index is -0.177. The van der Waals surface area contributed by atoms with Gasteiger partial charge >= 0.3 is 0 Å². The number of hydrogen-bond acceptors (Lipinski definition) is 5. The lowest BCUT2D eigenvalue weighted by Crippen LogP contribution is -2.16. The quantitative estimate of drug-likeness (QED) is 0.0758. The molecule has 0 aliphatic heterocycles. The average molecular weight is 555 g/mol. The predicted octanol–water partition coefficient (Wildman–Crippen LogP) is 8.07. The average Bonchev–Trinajstić information content (AvgIpc) is 3.29. The zero-order chi connectivity index (χ0) is 27.4. The summed E-state index contributed by atoms with van der Waals surface area (Å²) in [6, 6.07) is 28.4. The number of halogens is 1. The van der Waals surface area contributed by atoms with Crippen molar-refractivity contribution in [3.8, 4) is 0 Å². The van der Waals surface area contributed by atoms with Gasteiger partial charge in [-0.05, 0) is 67.6 Å². The summed E-state index contributed by atoms with van der Waals surface area (Å²) >= 11 is 7.61. The number of carbonyl (C=O) groups excluding carboxylic acids is 2. The lowest BCUT2D eigenvalue weighted by molar-refractivity contribution is 0.103. The summed E-state index contributed by atoms with van der Waals surface area (Å²) in [6.45, 7) is 2.85. The number of aromatic nitrogens is 1. The van der Waals surface area contributed by atoms with Gasteiger partial charge in [0.05, 0.1) is 0 Å². The molecule has 0 unspecified atom stereocenters. The van der Waals surface area contributed by atoms with Crippen molar-refractivity contribution in [3.05, 3.63) is 113 Å². The molecular formula is C32H27ClN2O3S. The number of benzene rings is 4. The van der Waals surface area contributed by atoms with Crippen LogP contribution in [-0.4, -0.2) is 34.7 Å². The van der Waals surface area contributed by atoms with Gasteiger partial charge in [-0.3, -0.25) is 9.59 Å². The number of Topliss-reactive ketones (excluding diaryl/α,β-unsaturated/α-hetero) is 1. The second-order valence-corrected chi connectivity index (χ2v) is 10.6. The van der Waals surface area contributed by atoms with Gasteiger partial charge in [0.1, 0.15) is 12.8 Å². The maximum Gasteiger partial charge on any atom is 0.210 e. The maximum absolute atomic E-state index is 13.5. The second kappa shape index (κ2) is 11.9. The first-order valence-electron chi connectivity index (χ1n) is 12.7. The van der Waals surface area contributed by atoms with Crippen molar-refractivity contribution < 1.29 is 14.4 Å². The molecule has 4 aromatic carbocycles. The highest BCUT2D eigenvalue weighted by molar-refractivity contribution is 7.99. The Hall–Kier alpha value is -3.87. The summed E-state index contributed by atoms with van der Waals surface area (Å²) in [5.74, 6) is 0.456. The van der Waals surface area contributed by atoms with E-state index in [2.05, 4.69) is 16.6 Å². The first kappa shape index (κ1) is 26.7. The number of fused-ring (bicyclic) bond motifs is 3. The van der Waals surface area contributed by atoms with Crippen LogP contribution in [0.4, 0.5) is 0 Å². The summed E-state index contributed by atoms with van der Waals surface area (Å²) in [5, 5.41) is 6.61. The SMILES string of the molecule is CCn1c2ccc(C(=O)/C(CCSc3ccc(Cl)cc3)=N/OC)cc2c2cc(C(=O)c3ccccc3)ccc21. The highest BCUT2D eigenvalue weighted by Gasteiger charge is 2.19. The van der Waals surface area contributed by atoms with Crippen molar-refractivity contribution in [3.63, 3.8) is 0 Å². The lowest BCUT2D eigenvalue weighted by Gasteiger charge is -2.07. The van der Waals surface area contributed by atoms with Crippen LogP contribution in [0.2, 0.25) is 5.02 Å².